The lowest BCUT2D eigenvalue weighted by atomic mass is 9.75. The number of oxazole rings is 1. The highest BCUT2D eigenvalue weighted by molar-refractivity contribution is 5.78. The summed E-state index contributed by atoms with van der Waals surface area (Å²) in [5.41, 5.74) is 8.24. The van der Waals surface area contributed by atoms with Crippen LogP contribution in [0.4, 0.5) is 11.7 Å². The number of anilines is 2. The van der Waals surface area contributed by atoms with Crippen molar-refractivity contribution in [2.45, 2.75) is 32.1 Å². The number of nitrogens with zero attached hydrogens (tertiary/aromatic N) is 2. The Morgan fingerprint density at radius 1 is 1.15 bits per heavy atom. The van der Waals surface area contributed by atoms with E-state index >= 15 is 0 Å². The van der Waals surface area contributed by atoms with E-state index in [-0.39, 0.29) is 0 Å². The van der Waals surface area contributed by atoms with Crippen molar-refractivity contribution in [3.8, 4) is 0 Å². The van der Waals surface area contributed by atoms with Gasteiger partial charge in [0.15, 0.2) is 5.58 Å². The molecule has 0 spiro atoms. The Balaban J connectivity index is 1.59. The fourth-order valence-corrected chi connectivity index (χ4v) is 3.84. The van der Waals surface area contributed by atoms with E-state index in [2.05, 4.69) is 9.88 Å². The molecular weight excluding hydrogens is 250 g/mol. The van der Waals surface area contributed by atoms with Crippen molar-refractivity contribution in [2.75, 3.05) is 23.7 Å². The summed E-state index contributed by atoms with van der Waals surface area (Å²) in [5, 5.41) is 0. The Morgan fingerprint density at radius 3 is 2.90 bits per heavy atom. The fraction of sp³-hybridized carbons (Fsp3) is 0.562. The first-order chi connectivity index (χ1) is 9.79. The maximum Gasteiger partial charge on any atom is 0.298 e. The number of hydrogen-bond donors (Lipinski definition) is 1. The van der Waals surface area contributed by atoms with Crippen molar-refractivity contribution in [3.63, 3.8) is 0 Å². The zero-order chi connectivity index (χ0) is 13.5. The summed E-state index contributed by atoms with van der Waals surface area (Å²) in [5.74, 6) is 1.76. The van der Waals surface area contributed by atoms with Gasteiger partial charge in [-0.05, 0) is 42.9 Å². The number of benzene rings is 1. The largest absolute Gasteiger partial charge is 0.423 e. The minimum absolute atomic E-state index is 0.739. The van der Waals surface area contributed by atoms with Gasteiger partial charge in [0.05, 0.1) is 0 Å². The highest BCUT2D eigenvalue weighted by atomic mass is 16.4. The van der Waals surface area contributed by atoms with E-state index in [4.69, 9.17) is 10.2 Å². The molecule has 1 saturated carbocycles. The van der Waals surface area contributed by atoms with Gasteiger partial charge >= 0.3 is 0 Å². The van der Waals surface area contributed by atoms with Crippen LogP contribution < -0.4 is 10.6 Å². The van der Waals surface area contributed by atoms with Crippen LogP contribution in [0.2, 0.25) is 0 Å². The van der Waals surface area contributed by atoms with E-state index < -0.39 is 0 Å². The van der Waals surface area contributed by atoms with Crippen molar-refractivity contribution in [1.82, 2.24) is 4.98 Å². The van der Waals surface area contributed by atoms with Crippen molar-refractivity contribution in [3.05, 3.63) is 18.2 Å². The monoisotopic (exact) mass is 271 g/mol. The first kappa shape index (κ1) is 12.1. The summed E-state index contributed by atoms with van der Waals surface area (Å²) in [7, 11) is 0. The maximum absolute atomic E-state index is 5.90. The maximum atomic E-state index is 5.90. The molecule has 4 heteroatoms. The first-order valence-corrected chi connectivity index (χ1v) is 7.70. The molecule has 2 heterocycles. The molecule has 1 aliphatic carbocycles. The van der Waals surface area contributed by atoms with Gasteiger partial charge in [0.2, 0.25) is 0 Å². The molecule has 4 nitrogen and oxygen atoms in total. The minimum atomic E-state index is 0.739. The zero-order valence-corrected chi connectivity index (χ0v) is 11.7. The third-order valence-corrected chi connectivity index (χ3v) is 4.96. The molecule has 1 aromatic heterocycles. The molecule has 0 amide bonds. The number of hydrogen-bond acceptors (Lipinski definition) is 4. The second-order valence-corrected chi connectivity index (χ2v) is 6.26. The average Bonchev–Trinajstić information content (AvgIpc) is 2.89. The van der Waals surface area contributed by atoms with E-state index in [0.717, 1.165) is 47.7 Å². The molecule has 2 unspecified atom stereocenters. The van der Waals surface area contributed by atoms with Gasteiger partial charge in [-0.15, -0.1) is 0 Å². The summed E-state index contributed by atoms with van der Waals surface area (Å²) in [4.78, 5) is 6.94. The van der Waals surface area contributed by atoms with E-state index in [1.54, 1.807) is 0 Å². The molecule has 0 radical (unpaired) electrons. The summed E-state index contributed by atoms with van der Waals surface area (Å²) in [6.45, 7) is 2.18. The number of rotatable bonds is 1. The Labute approximate surface area is 118 Å². The summed E-state index contributed by atoms with van der Waals surface area (Å²) >= 11 is 0. The van der Waals surface area contributed by atoms with Gasteiger partial charge in [-0.1, -0.05) is 19.3 Å². The van der Waals surface area contributed by atoms with Gasteiger partial charge in [0.1, 0.15) is 5.52 Å². The van der Waals surface area contributed by atoms with Crippen LogP contribution in [0.25, 0.3) is 11.1 Å². The normalized spacial score (nSPS) is 26.7. The van der Waals surface area contributed by atoms with Crippen LogP contribution >= 0.6 is 0 Å². The van der Waals surface area contributed by atoms with E-state index in [9.17, 15) is 0 Å². The second kappa shape index (κ2) is 4.69. The molecule has 1 aromatic carbocycles. The van der Waals surface area contributed by atoms with E-state index in [0.29, 0.717) is 0 Å². The molecule has 2 atom stereocenters. The minimum Gasteiger partial charge on any atom is -0.423 e. The average molecular weight is 271 g/mol. The molecule has 4 rings (SSSR count). The van der Waals surface area contributed by atoms with Crippen LogP contribution in [0.3, 0.4) is 0 Å². The highest BCUT2D eigenvalue weighted by Crippen LogP contribution is 2.37. The van der Waals surface area contributed by atoms with E-state index in [1.165, 1.54) is 32.1 Å². The molecular formula is C16H21N3O. The summed E-state index contributed by atoms with van der Waals surface area (Å²) < 4.78 is 5.90. The van der Waals surface area contributed by atoms with Crippen LogP contribution in [0.15, 0.2) is 22.6 Å². The van der Waals surface area contributed by atoms with Crippen molar-refractivity contribution in [2.24, 2.45) is 11.8 Å². The number of fused-ring (bicyclic) bond motifs is 2. The molecule has 2 aliphatic rings. The molecule has 1 aliphatic heterocycles. The van der Waals surface area contributed by atoms with Gasteiger partial charge in [-0.3, -0.25) is 0 Å². The molecule has 1 saturated heterocycles. The van der Waals surface area contributed by atoms with Crippen LogP contribution in [0.1, 0.15) is 32.1 Å². The third-order valence-electron chi connectivity index (χ3n) is 4.96. The standard InChI is InChI=1S/C16H21N3O/c17-13-5-6-15-14(9-13)18-16(20-15)19-8-7-11-3-1-2-4-12(11)10-19/h5-6,9,11-12H,1-4,7-8,10,17H2. The van der Waals surface area contributed by atoms with Crippen molar-refractivity contribution >= 4 is 22.8 Å². The molecule has 2 N–H and O–H groups in total. The summed E-state index contributed by atoms with van der Waals surface area (Å²) in [6, 6.07) is 6.43. The Hall–Kier alpha value is -1.71. The lowest BCUT2D eigenvalue weighted by Gasteiger charge is -2.40. The SMILES string of the molecule is Nc1ccc2oc(N3CCC4CCCCC4C3)nc2c1. The smallest absolute Gasteiger partial charge is 0.298 e. The van der Waals surface area contributed by atoms with Crippen molar-refractivity contribution < 1.29 is 4.42 Å². The van der Waals surface area contributed by atoms with Crippen molar-refractivity contribution in [1.29, 1.82) is 0 Å². The number of nitrogens with two attached hydrogens (primary N) is 1. The molecule has 20 heavy (non-hydrogen) atoms. The topological polar surface area (TPSA) is 55.3 Å². The summed E-state index contributed by atoms with van der Waals surface area (Å²) in [6.07, 6.45) is 6.88. The van der Waals surface area contributed by atoms with E-state index in [1.807, 2.05) is 18.2 Å². The van der Waals surface area contributed by atoms with Crippen LogP contribution in [0.5, 0.6) is 0 Å². The van der Waals surface area contributed by atoms with Crippen LogP contribution in [-0.2, 0) is 0 Å². The Morgan fingerprint density at radius 2 is 2.00 bits per heavy atom. The Kier molecular flexibility index (Phi) is 2.83. The predicted molar refractivity (Wildman–Crippen MR) is 80.7 cm³/mol. The highest BCUT2D eigenvalue weighted by Gasteiger charge is 2.32. The lowest BCUT2D eigenvalue weighted by molar-refractivity contribution is 0.199. The Bertz CT molecular complexity index is 621. The molecule has 2 aromatic rings. The van der Waals surface area contributed by atoms with Crippen LogP contribution in [0, 0.1) is 11.8 Å². The molecule has 0 bridgehead atoms. The van der Waals surface area contributed by atoms with Gasteiger partial charge < -0.3 is 15.1 Å². The van der Waals surface area contributed by atoms with Gasteiger partial charge in [0.25, 0.3) is 6.01 Å². The van der Waals surface area contributed by atoms with Gasteiger partial charge in [-0.2, -0.15) is 4.98 Å². The fourth-order valence-electron chi connectivity index (χ4n) is 3.84. The van der Waals surface area contributed by atoms with Gasteiger partial charge in [0, 0.05) is 18.8 Å². The number of aromatic nitrogens is 1. The van der Waals surface area contributed by atoms with Crippen LogP contribution in [-0.4, -0.2) is 18.1 Å². The zero-order valence-electron chi connectivity index (χ0n) is 11.7. The lowest BCUT2D eigenvalue weighted by Crippen LogP contribution is -2.41. The first-order valence-electron chi connectivity index (χ1n) is 7.70. The third kappa shape index (κ3) is 2.03. The predicted octanol–water partition coefficient (Wildman–Crippen LogP) is 3.43. The molecule has 2 fully saturated rings. The number of piperidine rings is 1. The number of nitrogen functional groups attached to an aromatic ring is 1. The van der Waals surface area contributed by atoms with Gasteiger partial charge in [-0.25, -0.2) is 0 Å². The molecule has 106 valence electrons. The second-order valence-electron chi connectivity index (χ2n) is 6.26. The quantitative estimate of drug-likeness (QED) is 0.807.